The van der Waals surface area contributed by atoms with Crippen molar-refractivity contribution < 1.29 is 9.53 Å². The van der Waals surface area contributed by atoms with E-state index in [0.29, 0.717) is 5.90 Å². The number of aromatic nitrogens is 1. The predicted molar refractivity (Wildman–Crippen MR) is 124 cm³/mol. The number of carbonyl (C=O) groups excluding carboxylic acids is 1. The number of para-hydroxylation sites is 1. The number of benzene rings is 3. The molecule has 6 heteroatoms. The predicted octanol–water partition coefficient (Wildman–Crippen LogP) is 5.90. The van der Waals surface area contributed by atoms with E-state index >= 15 is 0 Å². The number of amides is 1. The highest BCUT2D eigenvalue weighted by Crippen LogP contribution is 2.37. The summed E-state index contributed by atoms with van der Waals surface area (Å²) >= 11 is 3.55. The number of hydrogen-bond acceptors (Lipinski definition) is 4. The van der Waals surface area contributed by atoms with Crippen molar-refractivity contribution in [1.82, 2.24) is 9.99 Å². The van der Waals surface area contributed by atoms with E-state index in [0.717, 1.165) is 37.8 Å². The van der Waals surface area contributed by atoms with Crippen LogP contribution in [0.2, 0.25) is 0 Å². The van der Waals surface area contributed by atoms with Gasteiger partial charge < -0.3 is 4.74 Å². The van der Waals surface area contributed by atoms with Crippen LogP contribution in [-0.4, -0.2) is 21.8 Å². The number of fused-ring (bicyclic) bond motifs is 1. The first-order valence-corrected chi connectivity index (χ1v) is 10.7. The maximum absolute atomic E-state index is 12.5. The van der Waals surface area contributed by atoms with Gasteiger partial charge >= 0.3 is 0 Å². The van der Waals surface area contributed by atoms with Gasteiger partial charge in [-0.1, -0.05) is 60.7 Å². The molecule has 5 rings (SSSR count). The summed E-state index contributed by atoms with van der Waals surface area (Å²) in [7, 11) is 0. The normalized spacial score (nSPS) is 15.6. The molecule has 1 aromatic heterocycles. The van der Waals surface area contributed by atoms with Crippen molar-refractivity contribution in [3.63, 3.8) is 0 Å². The van der Waals surface area contributed by atoms with Crippen LogP contribution >= 0.6 is 15.9 Å². The lowest BCUT2D eigenvalue weighted by molar-refractivity contribution is -0.135. The quantitative estimate of drug-likeness (QED) is 0.373. The fraction of sp³-hybridized carbons (Fsp3) is 0.0800. The lowest BCUT2D eigenvalue weighted by Crippen LogP contribution is -2.25. The molecule has 31 heavy (non-hydrogen) atoms. The third-order valence-corrected chi connectivity index (χ3v) is 5.85. The second-order valence-corrected chi connectivity index (χ2v) is 8.05. The number of ether oxygens (including phenoxy) is 1. The van der Waals surface area contributed by atoms with Gasteiger partial charge in [0.25, 0.3) is 0 Å². The van der Waals surface area contributed by atoms with Gasteiger partial charge in [0.05, 0.1) is 16.8 Å². The van der Waals surface area contributed by atoms with Crippen LogP contribution in [0.25, 0.3) is 22.2 Å². The van der Waals surface area contributed by atoms with Gasteiger partial charge in [-0.3, -0.25) is 4.79 Å². The molecule has 1 aliphatic heterocycles. The summed E-state index contributed by atoms with van der Waals surface area (Å²) in [5.74, 6) is 0.198. The highest BCUT2D eigenvalue weighted by Gasteiger charge is 2.35. The van der Waals surface area contributed by atoms with Crippen molar-refractivity contribution in [2.75, 3.05) is 0 Å². The average molecular weight is 472 g/mol. The molecule has 4 aromatic rings. The second-order valence-electron chi connectivity index (χ2n) is 7.20. The molecule has 1 atom stereocenters. The highest BCUT2D eigenvalue weighted by molar-refractivity contribution is 9.10. The summed E-state index contributed by atoms with van der Waals surface area (Å²) in [5.41, 5.74) is 4.27. The van der Waals surface area contributed by atoms with Gasteiger partial charge in [0.1, 0.15) is 0 Å². The van der Waals surface area contributed by atoms with E-state index in [-0.39, 0.29) is 5.91 Å². The maximum atomic E-state index is 12.5. The third kappa shape index (κ3) is 3.59. The summed E-state index contributed by atoms with van der Waals surface area (Å²) in [6.45, 7) is 1.49. The molecular weight excluding hydrogens is 454 g/mol. The van der Waals surface area contributed by atoms with Crippen molar-refractivity contribution >= 4 is 38.6 Å². The SMILES string of the molecule is CC(=O)N1N=C(c2ccccc2Br)O[C@@H]1c1cc(-c2ccccc2)nc2ccccc12. The average Bonchev–Trinajstić information content (AvgIpc) is 3.25. The van der Waals surface area contributed by atoms with Crippen LogP contribution in [0.1, 0.15) is 24.3 Å². The number of halogens is 1. The van der Waals surface area contributed by atoms with E-state index in [2.05, 4.69) is 21.0 Å². The Labute approximate surface area is 188 Å². The van der Waals surface area contributed by atoms with Crippen LogP contribution in [0.5, 0.6) is 0 Å². The molecule has 0 bridgehead atoms. The molecule has 0 spiro atoms. The standard InChI is InChI=1S/C25H18BrN3O2/c1-16(30)29-25(31-24(28-29)19-12-5-7-13-21(19)26)20-15-23(17-9-3-2-4-10-17)27-22-14-8-6-11-18(20)22/h2-15,25H,1H3/t25-/m1/s1. The van der Waals surface area contributed by atoms with Gasteiger partial charge in [-0.15, -0.1) is 5.10 Å². The van der Waals surface area contributed by atoms with E-state index in [1.807, 2.05) is 84.9 Å². The fourth-order valence-electron chi connectivity index (χ4n) is 3.68. The number of carbonyl (C=O) groups is 1. The van der Waals surface area contributed by atoms with Gasteiger partial charge in [-0.2, -0.15) is 5.01 Å². The molecule has 0 saturated heterocycles. The van der Waals surface area contributed by atoms with Crippen molar-refractivity contribution in [1.29, 1.82) is 0 Å². The molecule has 0 aliphatic carbocycles. The van der Waals surface area contributed by atoms with Crippen LogP contribution < -0.4 is 0 Å². The minimum Gasteiger partial charge on any atom is -0.446 e. The summed E-state index contributed by atoms with van der Waals surface area (Å²) in [4.78, 5) is 17.3. The molecule has 5 nitrogen and oxygen atoms in total. The first-order chi connectivity index (χ1) is 15.1. The lowest BCUT2D eigenvalue weighted by atomic mass is 10.0. The third-order valence-electron chi connectivity index (χ3n) is 5.15. The largest absolute Gasteiger partial charge is 0.446 e. The van der Waals surface area contributed by atoms with E-state index < -0.39 is 6.23 Å². The maximum Gasteiger partial charge on any atom is 0.243 e. The molecule has 152 valence electrons. The number of nitrogens with zero attached hydrogens (tertiary/aromatic N) is 3. The summed E-state index contributed by atoms with van der Waals surface area (Å²) in [6, 6.07) is 27.5. The fourth-order valence-corrected chi connectivity index (χ4v) is 4.13. The second kappa shape index (κ2) is 7.96. The van der Waals surface area contributed by atoms with Crippen LogP contribution in [0.4, 0.5) is 0 Å². The van der Waals surface area contributed by atoms with E-state index in [1.54, 1.807) is 0 Å². The van der Waals surface area contributed by atoms with Crippen molar-refractivity contribution in [2.45, 2.75) is 13.2 Å². The zero-order valence-electron chi connectivity index (χ0n) is 16.7. The zero-order chi connectivity index (χ0) is 21.4. The Kier molecular flexibility index (Phi) is 5.00. The monoisotopic (exact) mass is 471 g/mol. The Morgan fingerprint density at radius 2 is 1.68 bits per heavy atom. The summed E-state index contributed by atoms with van der Waals surface area (Å²) in [6.07, 6.45) is -0.685. The number of pyridine rings is 1. The zero-order valence-corrected chi connectivity index (χ0v) is 18.3. The van der Waals surface area contributed by atoms with Gasteiger partial charge in [-0.25, -0.2) is 4.98 Å². The highest BCUT2D eigenvalue weighted by atomic mass is 79.9. The van der Waals surface area contributed by atoms with Gasteiger partial charge in [0.2, 0.25) is 18.0 Å². The molecule has 2 heterocycles. The molecule has 1 amide bonds. The summed E-state index contributed by atoms with van der Waals surface area (Å²) in [5, 5.41) is 6.83. The molecule has 0 unspecified atom stereocenters. The van der Waals surface area contributed by atoms with Crippen molar-refractivity contribution in [3.05, 3.63) is 101 Å². The Morgan fingerprint density at radius 3 is 2.45 bits per heavy atom. The molecular formula is C25H18BrN3O2. The molecule has 0 radical (unpaired) electrons. The molecule has 1 aliphatic rings. The van der Waals surface area contributed by atoms with Gasteiger partial charge in [0, 0.05) is 27.9 Å². The Hall–Kier alpha value is -3.51. The van der Waals surface area contributed by atoms with E-state index in [9.17, 15) is 4.79 Å². The van der Waals surface area contributed by atoms with Gasteiger partial charge in [0.15, 0.2) is 0 Å². The lowest BCUT2D eigenvalue weighted by Gasteiger charge is -2.21. The Morgan fingerprint density at radius 1 is 0.968 bits per heavy atom. The molecule has 3 aromatic carbocycles. The topological polar surface area (TPSA) is 54.8 Å². The van der Waals surface area contributed by atoms with Crippen molar-refractivity contribution in [2.24, 2.45) is 5.10 Å². The minimum absolute atomic E-state index is 0.200. The van der Waals surface area contributed by atoms with E-state index in [1.165, 1.54) is 11.9 Å². The number of hydrogen-bond donors (Lipinski definition) is 0. The molecule has 0 N–H and O–H groups in total. The van der Waals surface area contributed by atoms with Gasteiger partial charge in [-0.05, 0) is 40.2 Å². The first kappa shape index (κ1) is 19.5. The number of hydrazone groups is 1. The smallest absolute Gasteiger partial charge is 0.243 e. The Bertz CT molecular complexity index is 1320. The van der Waals surface area contributed by atoms with Crippen LogP contribution in [0.15, 0.2) is 94.5 Å². The van der Waals surface area contributed by atoms with Crippen LogP contribution in [-0.2, 0) is 9.53 Å². The molecule has 0 fully saturated rings. The van der Waals surface area contributed by atoms with Crippen molar-refractivity contribution in [3.8, 4) is 11.3 Å². The summed E-state index contributed by atoms with van der Waals surface area (Å²) < 4.78 is 7.13. The molecule has 0 saturated carbocycles. The Balaban J connectivity index is 1.66. The minimum atomic E-state index is -0.685. The van der Waals surface area contributed by atoms with Crippen LogP contribution in [0.3, 0.4) is 0 Å². The van der Waals surface area contributed by atoms with E-state index in [4.69, 9.17) is 9.72 Å². The van der Waals surface area contributed by atoms with Crippen LogP contribution in [0, 0.1) is 0 Å². The first-order valence-electron chi connectivity index (χ1n) is 9.87. The number of rotatable bonds is 3.